The zero-order chi connectivity index (χ0) is 16.7. The van der Waals surface area contributed by atoms with Crippen LogP contribution >= 0.6 is 0 Å². The van der Waals surface area contributed by atoms with Gasteiger partial charge in [-0.2, -0.15) is 0 Å². The molecule has 0 fully saturated rings. The molecule has 124 valence electrons. The Morgan fingerprint density at radius 3 is 2.62 bits per heavy atom. The van der Waals surface area contributed by atoms with Crippen molar-refractivity contribution in [3.63, 3.8) is 0 Å². The van der Waals surface area contributed by atoms with Gasteiger partial charge in [0.05, 0.1) is 13.2 Å². The van der Waals surface area contributed by atoms with Gasteiger partial charge in [0.25, 0.3) is 0 Å². The maximum absolute atomic E-state index is 9.98. The molecule has 1 heterocycles. The number of fused-ring (bicyclic) bond motifs is 3. The average molecular weight is 324 g/mol. The summed E-state index contributed by atoms with van der Waals surface area (Å²) in [6, 6.07) is 10.9. The second-order valence-electron chi connectivity index (χ2n) is 6.36. The first-order chi connectivity index (χ1) is 11.7. The fourth-order valence-corrected chi connectivity index (χ4v) is 3.68. The summed E-state index contributed by atoms with van der Waals surface area (Å²) in [4.78, 5) is 0. The Hall–Kier alpha value is -2.46. The quantitative estimate of drug-likeness (QED) is 0.824. The van der Waals surface area contributed by atoms with E-state index in [4.69, 9.17) is 9.47 Å². The number of rotatable bonds is 2. The summed E-state index contributed by atoms with van der Waals surface area (Å²) in [6.07, 6.45) is 6.08. The highest BCUT2D eigenvalue weighted by Crippen LogP contribution is 2.44. The number of ether oxygens (including phenoxy) is 2. The Kier molecular flexibility index (Phi) is 3.69. The van der Waals surface area contributed by atoms with Gasteiger partial charge < -0.3 is 19.7 Å². The lowest BCUT2D eigenvalue weighted by molar-refractivity contribution is -0.0139. The van der Waals surface area contributed by atoms with E-state index in [1.165, 1.54) is 5.56 Å². The van der Waals surface area contributed by atoms with E-state index < -0.39 is 0 Å². The molecule has 0 bridgehead atoms. The highest BCUT2D eigenvalue weighted by Gasteiger charge is 2.34. The van der Waals surface area contributed by atoms with Gasteiger partial charge in [-0.1, -0.05) is 24.3 Å². The van der Waals surface area contributed by atoms with Gasteiger partial charge in [-0.3, -0.25) is 0 Å². The molecule has 0 saturated carbocycles. The molecule has 2 aromatic carbocycles. The topological polar surface area (TPSA) is 58.9 Å². The molecular weight excluding hydrogens is 304 g/mol. The molecule has 1 aliphatic carbocycles. The van der Waals surface area contributed by atoms with Crippen LogP contribution in [0.1, 0.15) is 35.1 Å². The highest BCUT2D eigenvalue weighted by molar-refractivity contribution is 5.50. The monoisotopic (exact) mass is 324 g/mol. The number of hydrogen-bond acceptors (Lipinski definition) is 4. The van der Waals surface area contributed by atoms with Crippen molar-refractivity contribution < 1.29 is 19.7 Å². The number of phenols is 2. The van der Waals surface area contributed by atoms with Crippen LogP contribution in [-0.2, 0) is 11.2 Å². The molecule has 4 heteroatoms. The molecule has 2 aliphatic rings. The van der Waals surface area contributed by atoms with Gasteiger partial charge >= 0.3 is 0 Å². The fraction of sp³-hybridized carbons (Fsp3) is 0.300. The number of hydrogen-bond donors (Lipinski definition) is 2. The average Bonchev–Trinajstić information content (AvgIpc) is 2.61. The minimum atomic E-state index is -0.0904. The lowest BCUT2D eigenvalue weighted by Gasteiger charge is -2.37. The second kappa shape index (κ2) is 5.87. The van der Waals surface area contributed by atoms with Crippen molar-refractivity contribution in [2.75, 3.05) is 7.11 Å². The summed E-state index contributed by atoms with van der Waals surface area (Å²) < 4.78 is 11.6. The van der Waals surface area contributed by atoms with E-state index in [1.807, 2.05) is 24.3 Å². The molecule has 0 unspecified atom stereocenters. The summed E-state index contributed by atoms with van der Waals surface area (Å²) >= 11 is 0. The van der Waals surface area contributed by atoms with Crippen LogP contribution < -0.4 is 4.74 Å². The van der Waals surface area contributed by atoms with E-state index in [0.717, 1.165) is 24.0 Å². The highest BCUT2D eigenvalue weighted by atomic mass is 16.5. The lowest BCUT2D eigenvalue weighted by Crippen LogP contribution is -2.31. The van der Waals surface area contributed by atoms with E-state index in [-0.39, 0.29) is 29.6 Å². The maximum Gasteiger partial charge on any atom is 0.160 e. The molecule has 2 N–H and O–H groups in total. The number of phenolic OH excluding ortho intramolecular Hbond substituents is 2. The maximum atomic E-state index is 9.98. The normalized spacial score (nSPS) is 25.0. The molecule has 24 heavy (non-hydrogen) atoms. The number of methoxy groups -OCH3 is 1. The van der Waals surface area contributed by atoms with E-state index >= 15 is 0 Å². The summed E-state index contributed by atoms with van der Waals surface area (Å²) in [7, 11) is 1.57. The summed E-state index contributed by atoms with van der Waals surface area (Å²) in [6.45, 7) is 0. The third-order valence-electron chi connectivity index (χ3n) is 4.93. The van der Waals surface area contributed by atoms with Gasteiger partial charge in [-0.25, -0.2) is 0 Å². The van der Waals surface area contributed by atoms with Crippen LogP contribution in [0.25, 0.3) is 0 Å². The molecule has 0 saturated heterocycles. The Morgan fingerprint density at radius 1 is 1.08 bits per heavy atom. The molecule has 4 rings (SSSR count). The number of aryl methyl sites for hydroxylation is 1. The predicted molar refractivity (Wildman–Crippen MR) is 90.6 cm³/mol. The molecule has 0 amide bonds. The summed E-state index contributed by atoms with van der Waals surface area (Å²) in [5.41, 5.74) is 3.36. The molecule has 3 atom stereocenters. The standard InChI is InChI=1S/C20H20O4/c1-23-20-11-16-13(10-17(20)22)4-8-19-15(16)7-9-18(24-19)12-2-5-14(21)6-3-12/h2-3,5-7,9-11,15,18-19,21-22H,4,8H2,1H3/t15-,18+,19+/m1/s1. The number of benzene rings is 2. The molecule has 0 radical (unpaired) electrons. The number of aromatic hydroxyl groups is 2. The van der Waals surface area contributed by atoms with Gasteiger partial charge in [-0.15, -0.1) is 0 Å². The largest absolute Gasteiger partial charge is 0.508 e. The van der Waals surface area contributed by atoms with Crippen molar-refractivity contribution in [2.45, 2.75) is 31.0 Å². The van der Waals surface area contributed by atoms with Crippen molar-refractivity contribution in [1.29, 1.82) is 0 Å². The molecular formula is C20H20O4. The summed E-state index contributed by atoms with van der Waals surface area (Å²) in [5, 5.41) is 19.4. The van der Waals surface area contributed by atoms with E-state index in [0.29, 0.717) is 5.75 Å². The third-order valence-corrected chi connectivity index (χ3v) is 4.93. The van der Waals surface area contributed by atoms with E-state index in [9.17, 15) is 10.2 Å². The van der Waals surface area contributed by atoms with Crippen molar-refractivity contribution in [3.05, 3.63) is 65.2 Å². The Morgan fingerprint density at radius 2 is 1.88 bits per heavy atom. The molecule has 0 spiro atoms. The van der Waals surface area contributed by atoms with Gasteiger partial charge in [0, 0.05) is 5.92 Å². The van der Waals surface area contributed by atoms with Crippen LogP contribution in [0.5, 0.6) is 17.2 Å². The first-order valence-corrected chi connectivity index (χ1v) is 8.18. The van der Waals surface area contributed by atoms with E-state index in [2.05, 4.69) is 12.2 Å². The van der Waals surface area contributed by atoms with Crippen molar-refractivity contribution in [1.82, 2.24) is 0 Å². The third kappa shape index (κ3) is 2.53. The van der Waals surface area contributed by atoms with Crippen molar-refractivity contribution in [3.8, 4) is 17.2 Å². The zero-order valence-electron chi connectivity index (χ0n) is 13.5. The predicted octanol–water partition coefficient (Wildman–Crippen LogP) is 3.83. The van der Waals surface area contributed by atoms with Gasteiger partial charge in [0.2, 0.25) is 0 Å². The van der Waals surface area contributed by atoms with Crippen LogP contribution in [0, 0.1) is 0 Å². The van der Waals surface area contributed by atoms with Crippen LogP contribution in [-0.4, -0.2) is 23.4 Å². The van der Waals surface area contributed by atoms with Crippen LogP contribution in [0.15, 0.2) is 48.6 Å². The molecule has 4 nitrogen and oxygen atoms in total. The smallest absolute Gasteiger partial charge is 0.160 e. The molecule has 1 aliphatic heterocycles. The van der Waals surface area contributed by atoms with Gasteiger partial charge in [-0.05, 0) is 53.8 Å². The Labute approximate surface area is 141 Å². The second-order valence-corrected chi connectivity index (χ2v) is 6.36. The van der Waals surface area contributed by atoms with Crippen LogP contribution in [0.2, 0.25) is 0 Å². The minimum absolute atomic E-state index is 0.0904. The Bertz CT molecular complexity index is 779. The van der Waals surface area contributed by atoms with E-state index in [1.54, 1.807) is 19.2 Å². The van der Waals surface area contributed by atoms with Gasteiger partial charge in [0.1, 0.15) is 11.9 Å². The summed E-state index contributed by atoms with van der Waals surface area (Å²) in [5.74, 6) is 1.13. The lowest BCUT2D eigenvalue weighted by atomic mass is 9.78. The van der Waals surface area contributed by atoms with Crippen molar-refractivity contribution >= 4 is 0 Å². The zero-order valence-corrected chi connectivity index (χ0v) is 13.5. The first-order valence-electron chi connectivity index (χ1n) is 8.18. The Balaban J connectivity index is 1.66. The fourth-order valence-electron chi connectivity index (χ4n) is 3.68. The van der Waals surface area contributed by atoms with Crippen LogP contribution in [0.3, 0.4) is 0 Å². The molecule has 0 aromatic heterocycles. The van der Waals surface area contributed by atoms with Crippen molar-refractivity contribution in [2.24, 2.45) is 0 Å². The van der Waals surface area contributed by atoms with Crippen LogP contribution in [0.4, 0.5) is 0 Å². The van der Waals surface area contributed by atoms with Gasteiger partial charge in [0.15, 0.2) is 11.5 Å². The minimum Gasteiger partial charge on any atom is -0.508 e. The first kappa shape index (κ1) is 15.1. The molecule has 2 aromatic rings. The SMILES string of the molecule is COc1cc2c(cc1O)CC[C@@H]1O[C@H](c3ccc(O)cc3)C=C[C@H]21.